The van der Waals surface area contributed by atoms with Crippen LogP contribution in [0.5, 0.6) is 5.75 Å². The maximum Gasteiger partial charge on any atom is 0.249 e. The first-order chi connectivity index (χ1) is 12.1. The quantitative estimate of drug-likeness (QED) is 0.683. The Hall–Kier alpha value is -2.78. The highest BCUT2D eigenvalue weighted by atomic mass is 32.2. The zero-order valence-electron chi connectivity index (χ0n) is 13.4. The summed E-state index contributed by atoms with van der Waals surface area (Å²) in [5.74, 6) is 1.28. The molecule has 0 aliphatic carbocycles. The van der Waals surface area contributed by atoms with Gasteiger partial charge in [0.2, 0.25) is 21.8 Å². The van der Waals surface area contributed by atoms with Gasteiger partial charge in [-0.3, -0.25) is 4.98 Å². The Balaban J connectivity index is 1.59. The van der Waals surface area contributed by atoms with Gasteiger partial charge in [0.15, 0.2) is 0 Å². The third-order valence-corrected chi connectivity index (χ3v) is 4.85. The van der Waals surface area contributed by atoms with E-state index < -0.39 is 10.0 Å². The molecule has 130 valence electrons. The van der Waals surface area contributed by atoms with E-state index in [9.17, 15) is 8.42 Å². The molecule has 3 rings (SSSR count). The number of sulfonamides is 1. The number of ether oxygens (including phenoxy) is 1. The normalized spacial score (nSPS) is 11.4. The van der Waals surface area contributed by atoms with Crippen molar-refractivity contribution in [3.05, 3.63) is 54.7 Å². The van der Waals surface area contributed by atoms with Crippen molar-refractivity contribution in [1.82, 2.24) is 19.9 Å². The predicted octanol–water partition coefficient (Wildman–Crippen LogP) is 1.66. The van der Waals surface area contributed by atoms with Crippen molar-refractivity contribution in [3.63, 3.8) is 0 Å². The zero-order chi connectivity index (χ0) is 17.7. The van der Waals surface area contributed by atoms with Gasteiger partial charge >= 0.3 is 0 Å². The van der Waals surface area contributed by atoms with Crippen LogP contribution < -0.4 is 9.46 Å². The molecule has 0 spiro atoms. The lowest BCUT2D eigenvalue weighted by Gasteiger charge is -2.06. The van der Waals surface area contributed by atoms with E-state index in [1.165, 1.54) is 19.2 Å². The number of hydrogen-bond acceptors (Lipinski definition) is 7. The summed E-state index contributed by atoms with van der Waals surface area (Å²) in [7, 11) is -2.09. The van der Waals surface area contributed by atoms with Crippen LogP contribution in [0, 0.1) is 0 Å². The smallest absolute Gasteiger partial charge is 0.249 e. The van der Waals surface area contributed by atoms with Crippen LogP contribution in [0.3, 0.4) is 0 Å². The summed E-state index contributed by atoms with van der Waals surface area (Å²) in [5, 5.41) is 7.84. The number of nitrogens with one attached hydrogen (secondary N) is 1. The molecule has 1 aromatic carbocycles. The first-order valence-electron chi connectivity index (χ1n) is 7.45. The van der Waals surface area contributed by atoms with Crippen molar-refractivity contribution >= 4 is 10.0 Å². The fraction of sp³-hybridized carbons (Fsp3) is 0.188. The molecule has 0 bridgehead atoms. The molecular formula is C16H16N4O4S. The Labute approximate surface area is 144 Å². The number of aromatic nitrogens is 3. The molecule has 0 amide bonds. The minimum Gasteiger partial charge on any atom is -0.497 e. The number of hydrogen-bond donors (Lipinski definition) is 1. The fourth-order valence-electron chi connectivity index (χ4n) is 2.09. The highest BCUT2D eigenvalue weighted by molar-refractivity contribution is 7.89. The van der Waals surface area contributed by atoms with Crippen LogP contribution in [-0.4, -0.2) is 37.3 Å². The molecule has 0 saturated carbocycles. The molecule has 2 aromatic heterocycles. The van der Waals surface area contributed by atoms with Gasteiger partial charge in [0.05, 0.1) is 17.6 Å². The van der Waals surface area contributed by atoms with Gasteiger partial charge in [-0.25, -0.2) is 13.1 Å². The van der Waals surface area contributed by atoms with Crippen LogP contribution in [0.25, 0.3) is 11.5 Å². The number of nitrogens with zero attached hydrogens (tertiary/aromatic N) is 3. The summed E-state index contributed by atoms with van der Waals surface area (Å²) in [6, 6.07) is 9.71. The van der Waals surface area contributed by atoms with Gasteiger partial charge in [-0.1, -0.05) is 0 Å². The highest BCUT2D eigenvalue weighted by Crippen LogP contribution is 2.17. The average Bonchev–Trinajstić information content (AvgIpc) is 3.11. The van der Waals surface area contributed by atoms with Crippen molar-refractivity contribution < 1.29 is 17.6 Å². The van der Waals surface area contributed by atoms with Crippen molar-refractivity contribution in [1.29, 1.82) is 0 Å². The van der Waals surface area contributed by atoms with Crippen LogP contribution in [0.4, 0.5) is 0 Å². The molecule has 3 aromatic rings. The van der Waals surface area contributed by atoms with E-state index >= 15 is 0 Å². The Morgan fingerprint density at radius 1 is 1.16 bits per heavy atom. The second-order valence-electron chi connectivity index (χ2n) is 5.07. The molecule has 0 aliphatic rings. The Morgan fingerprint density at radius 3 is 2.64 bits per heavy atom. The van der Waals surface area contributed by atoms with Gasteiger partial charge in [0, 0.05) is 25.4 Å². The Bertz CT molecular complexity index is 924. The molecule has 2 heterocycles. The van der Waals surface area contributed by atoms with Crippen molar-refractivity contribution in [2.24, 2.45) is 0 Å². The third kappa shape index (κ3) is 4.20. The zero-order valence-corrected chi connectivity index (χ0v) is 14.2. The molecule has 1 N–H and O–H groups in total. The van der Waals surface area contributed by atoms with E-state index in [4.69, 9.17) is 9.15 Å². The van der Waals surface area contributed by atoms with Crippen LogP contribution in [0.2, 0.25) is 0 Å². The molecule has 0 atom stereocenters. The van der Waals surface area contributed by atoms with Gasteiger partial charge in [0.1, 0.15) is 5.75 Å². The molecule has 0 saturated heterocycles. The van der Waals surface area contributed by atoms with Crippen LogP contribution in [0.15, 0.2) is 58.1 Å². The standard InChI is InChI=1S/C16H16N4O4S/c1-23-13-4-6-14(7-5-13)25(21,22)18-10-8-15-19-20-16(24-15)12-3-2-9-17-11-12/h2-7,9,11,18H,8,10H2,1H3. The fourth-order valence-corrected chi connectivity index (χ4v) is 3.12. The SMILES string of the molecule is COc1ccc(S(=O)(=O)NCCc2nnc(-c3cccnc3)o2)cc1. The monoisotopic (exact) mass is 360 g/mol. The van der Waals surface area contributed by atoms with Gasteiger partial charge in [-0.15, -0.1) is 10.2 Å². The van der Waals surface area contributed by atoms with Gasteiger partial charge in [-0.05, 0) is 36.4 Å². The van der Waals surface area contributed by atoms with E-state index in [-0.39, 0.29) is 17.9 Å². The van der Waals surface area contributed by atoms with Gasteiger partial charge in [-0.2, -0.15) is 0 Å². The van der Waals surface area contributed by atoms with Crippen molar-refractivity contribution in [2.75, 3.05) is 13.7 Å². The molecule has 0 aliphatic heterocycles. The first-order valence-corrected chi connectivity index (χ1v) is 8.93. The second kappa shape index (κ2) is 7.41. The largest absolute Gasteiger partial charge is 0.497 e. The number of pyridine rings is 1. The summed E-state index contributed by atoms with van der Waals surface area (Å²) < 4.78 is 37.5. The second-order valence-corrected chi connectivity index (χ2v) is 6.83. The van der Waals surface area contributed by atoms with E-state index in [0.717, 1.165) is 0 Å². The molecule has 9 heteroatoms. The lowest BCUT2D eigenvalue weighted by molar-refractivity contribution is 0.414. The van der Waals surface area contributed by atoms with E-state index in [1.807, 2.05) is 0 Å². The van der Waals surface area contributed by atoms with Gasteiger partial charge in [0.25, 0.3) is 0 Å². The van der Waals surface area contributed by atoms with Crippen molar-refractivity contribution in [2.45, 2.75) is 11.3 Å². The van der Waals surface area contributed by atoms with E-state index in [2.05, 4.69) is 19.9 Å². The lowest BCUT2D eigenvalue weighted by atomic mass is 10.3. The topological polar surface area (TPSA) is 107 Å². The predicted molar refractivity (Wildman–Crippen MR) is 89.4 cm³/mol. The average molecular weight is 360 g/mol. The minimum absolute atomic E-state index is 0.142. The number of rotatable bonds is 7. The Morgan fingerprint density at radius 2 is 1.96 bits per heavy atom. The van der Waals surface area contributed by atoms with Crippen LogP contribution >= 0.6 is 0 Å². The number of methoxy groups -OCH3 is 1. The van der Waals surface area contributed by atoms with Crippen LogP contribution in [-0.2, 0) is 16.4 Å². The third-order valence-electron chi connectivity index (χ3n) is 3.38. The summed E-state index contributed by atoms with van der Waals surface area (Å²) in [6.45, 7) is 0.142. The minimum atomic E-state index is -3.61. The summed E-state index contributed by atoms with van der Waals surface area (Å²) in [4.78, 5) is 4.14. The molecule has 0 unspecified atom stereocenters. The summed E-state index contributed by atoms with van der Waals surface area (Å²) in [6.07, 6.45) is 3.54. The lowest BCUT2D eigenvalue weighted by Crippen LogP contribution is -2.26. The molecular weight excluding hydrogens is 344 g/mol. The highest BCUT2D eigenvalue weighted by Gasteiger charge is 2.15. The number of benzene rings is 1. The van der Waals surface area contributed by atoms with Crippen LogP contribution in [0.1, 0.15) is 5.89 Å². The van der Waals surface area contributed by atoms with Crippen molar-refractivity contribution in [3.8, 4) is 17.2 Å². The summed E-state index contributed by atoms with van der Waals surface area (Å²) in [5.41, 5.74) is 0.708. The molecule has 0 radical (unpaired) electrons. The Kier molecular flexibility index (Phi) is 5.05. The summed E-state index contributed by atoms with van der Waals surface area (Å²) >= 11 is 0. The maximum atomic E-state index is 12.2. The van der Waals surface area contributed by atoms with Gasteiger partial charge < -0.3 is 9.15 Å². The molecule has 0 fully saturated rings. The van der Waals surface area contributed by atoms with E-state index in [1.54, 1.807) is 36.7 Å². The van der Waals surface area contributed by atoms with E-state index in [0.29, 0.717) is 23.1 Å². The molecule has 8 nitrogen and oxygen atoms in total. The maximum absolute atomic E-state index is 12.2. The first kappa shape index (κ1) is 17.1. The molecule has 25 heavy (non-hydrogen) atoms.